The van der Waals surface area contributed by atoms with E-state index < -0.39 is 17.7 Å². The fourth-order valence-corrected chi connectivity index (χ4v) is 4.09. The van der Waals surface area contributed by atoms with Gasteiger partial charge in [-0.3, -0.25) is 0 Å². The molecule has 1 aromatic carbocycles. The Labute approximate surface area is 192 Å². The van der Waals surface area contributed by atoms with Crippen LogP contribution in [0.5, 0.6) is 0 Å². The van der Waals surface area contributed by atoms with Crippen LogP contribution in [0, 0.1) is 18.7 Å². The predicted molar refractivity (Wildman–Crippen MR) is 125 cm³/mol. The van der Waals surface area contributed by atoms with Gasteiger partial charge >= 0.3 is 6.03 Å². The molecular weight excluding hydrogens is 425 g/mol. The number of piperidine rings is 1. The van der Waals surface area contributed by atoms with Crippen molar-refractivity contribution in [1.29, 1.82) is 0 Å². The fourth-order valence-electron chi connectivity index (χ4n) is 4.09. The predicted octanol–water partition coefficient (Wildman–Crippen LogP) is 4.54. The van der Waals surface area contributed by atoms with Gasteiger partial charge in [-0.15, -0.1) is 0 Å². The zero-order valence-electron chi connectivity index (χ0n) is 19.4. The third kappa shape index (κ3) is 5.08. The summed E-state index contributed by atoms with van der Waals surface area (Å²) in [5.74, 6) is 0.882. The molecule has 0 spiro atoms. The maximum Gasteiger partial charge on any atom is 0.319 e. The number of aromatic nitrogens is 2. The lowest BCUT2D eigenvalue weighted by Crippen LogP contribution is -2.43. The Morgan fingerprint density at radius 3 is 2.55 bits per heavy atom. The molecule has 3 N–H and O–H groups in total. The molecule has 0 unspecified atom stereocenters. The van der Waals surface area contributed by atoms with Gasteiger partial charge in [-0.25, -0.2) is 19.2 Å². The van der Waals surface area contributed by atoms with Crippen molar-refractivity contribution >= 4 is 28.6 Å². The minimum absolute atomic E-state index is 0.0368. The van der Waals surface area contributed by atoms with Crippen LogP contribution in [-0.4, -0.2) is 39.8 Å². The van der Waals surface area contributed by atoms with E-state index in [9.17, 15) is 14.3 Å². The third-order valence-corrected chi connectivity index (χ3v) is 6.19. The quantitative estimate of drug-likeness (QED) is 0.522. The number of urea groups is 1. The number of anilines is 2. The van der Waals surface area contributed by atoms with Crippen LogP contribution in [0.15, 0.2) is 35.0 Å². The average molecular weight is 456 g/mol. The summed E-state index contributed by atoms with van der Waals surface area (Å²) in [6, 6.07) is 3.58. The van der Waals surface area contributed by atoms with Crippen molar-refractivity contribution in [3.8, 4) is 0 Å². The highest BCUT2D eigenvalue weighted by molar-refractivity contribution is 5.89. The van der Waals surface area contributed by atoms with Crippen molar-refractivity contribution in [1.82, 2.24) is 15.3 Å². The number of carbonyl (C=O) groups excluding carboxylic acids is 1. The highest BCUT2D eigenvalue weighted by Crippen LogP contribution is 2.33. The van der Waals surface area contributed by atoms with Crippen molar-refractivity contribution in [2.45, 2.75) is 52.2 Å². The number of hydrogen-bond donors (Lipinski definition) is 3. The minimum atomic E-state index is -0.643. The lowest BCUT2D eigenvalue weighted by molar-refractivity contribution is 0.0349. The van der Waals surface area contributed by atoms with Crippen LogP contribution >= 0.6 is 0 Å². The molecule has 176 valence electrons. The van der Waals surface area contributed by atoms with Crippen LogP contribution in [0.1, 0.15) is 51.0 Å². The Balaban J connectivity index is 1.43. The molecule has 2 amide bonds. The number of furan rings is 1. The molecule has 0 bridgehead atoms. The maximum absolute atomic E-state index is 13.7. The number of carbonyl (C=O) groups is 1. The molecule has 0 radical (unpaired) electrons. The molecule has 9 heteroatoms. The molecule has 1 fully saturated rings. The summed E-state index contributed by atoms with van der Waals surface area (Å²) >= 11 is 0. The number of rotatable bonds is 5. The van der Waals surface area contributed by atoms with E-state index in [0.717, 1.165) is 5.56 Å². The summed E-state index contributed by atoms with van der Waals surface area (Å²) in [7, 11) is 0. The van der Waals surface area contributed by atoms with E-state index in [4.69, 9.17) is 4.42 Å². The number of benzene rings is 1. The lowest BCUT2D eigenvalue weighted by Gasteiger charge is -2.35. The number of nitrogens with zero attached hydrogens (tertiary/aromatic N) is 3. The number of nitrogens with one attached hydrogen (secondary N) is 2. The molecule has 1 atom stereocenters. The van der Waals surface area contributed by atoms with Gasteiger partial charge in [0.25, 0.3) is 0 Å². The number of amides is 2. The van der Waals surface area contributed by atoms with Crippen LogP contribution in [-0.2, 0) is 0 Å². The number of aliphatic hydroxyl groups is 1. The van der Waals surface area contributed by atoms with E-state index in [0.29, 0.717) is 54.3 Å². The van der Waals surface area contributed by atoms with Crippen molar-refractivity contribution < 1.29 is 18.7 Å². The molecular formula is C24H30FN5O3. The fraction of sp³-hybridized carbons (Fsp3) is 0.458. The Bertz CT molecular complexity index is 1130. The normalized spacial score (nSPS) is 16.8. The third-order valence-electron chi connectivity index (χ3n) is 6.19. The second-order valence-corrected chi connectivity index (χ2v) is 9.31. The van der Waals surface area contributed by atoms with Gasteiger partial charge in [-0.2, -0.15) is 0 Å². The molecule has 33 heavy (non-hydrogen) atoms. The summed E-state index contributed by atoms with van der Waals surface area (Å²) in [6.07, 6.45) is 4.44. The molecule has 3 heterocycles. The van der Waals surface area contributed by atoms with Gasteiger partial charge in [0.2, 0.25) is 5.95 Å². The first kappa shape index (κ1) is 23.0. The van der Waals surface area contributed by atoms with E-state index >= 15 is 0 Å². The Morgan fingerprint density at radius 1 is 1.24 bits per heavy atom. The van der Waals surface area contributed by atoms with Crippen molar-refractivity contribution in [2.24, 2.45) is 5.92 Å². The van der Waals surface area contributed by atoms with Crippen molar-refractivity contribution in [2.75, 3.05) is 23.3 Å². The maximum atomic E-state index is 13.7. The zero-order chi connectivity index (χ0) is 23.8. The van der Waals surface area contributed by atoms with E-state index in [1.54, 1.807) is 18.5 Å². The molecule has 1 saturated heterocycles. The summed E-state index contributed by atoms with van der Waals surface area (Å²) in [6.45, 7) is 9.01. The molecule has 1 aliphatic heterocycles. The minimum Gasteiger partial charge on any atom is -0.459 e. The van der Waals surface area contributed by atoms with Gasteiger partial charge in [-0.1, -0.05) is 13.8 Å². The van der Waals surface area contributed by atoms with Crippen LogP contribution in [0.4, 0.5) is 20.8 Å². The topological polar surface area (TPSA) is 104 Å². The van der Waals surface area contributed by atoms with Gasteiger partial charge in [0.05, 0.1) is 29.7 Å². The summed E-state index contributed by atoms with van der Waals surface area (Å²) in [5, 5.41) is 16.5. The van der Waals surface area contributed by atoms with Crippen molar-refractivity contribution in [3.05, 3.63) is 47.7 Å². The Morgan fingerprint density at radius 2 is 1.91 bits per heavy atom. The first-order valence-corrected chi connectivity index (χ1v) is 11.2. The van der Waals surface area contributed by atoms with Gasteiger partial charge < -0.3 is 25.1 Å². The van der Waals surface area contributed by atoms with Crippen LogP contribution < -0.4 is 15.5 Å². The first-order chi connectivity index (χ1) is 15.6. The largest absolute Gasteiger partial charge is 0.459 e. The molecule has 0 aliphatic carbocycles. The molecule has 0 saturated carbocycles. The molecule has 2 aromatic heterocycles. The summed E-state index contributed by atoms with van der Waals surface area (Å²) < 4.78 is 19.6. The van der Waals surface area contributed by atoms with Crippen molar-refractivity contribution in [3.63, 3.8) is 0 Å². The second kappa shape index (κ2) is 8.97. The zero-order valence-corrected chi connectivity index (χ0v) is 19.4. The van der Waals surface area contributed by atoms with E-state index in [2.05, 4.69) is 20.6 Å². The monoisotopic (exact) mass is 455 g/mol. The van der Waals surface area contributed by atoms with E-state index in [1.165, 1.54) is 12.1 Å². The average Bonchev–Trinajstić information content (AvgIpc) is 3.08. The highest BCUT2D eigenvalue weighted by atomic mass is 19.1. The second-order valence-electron chi connectivity index (χ2n) is 9.31. The molecule has 8 nitrogen and oxygen atoms in total. The Hall–Kier alpha value is -3.20. The van der Waals surface area contributed by atoms with Gasteiger partial charge in [0, 0.05) is 24.0 Å². The summed E-state index contributed by atoms with van der Waals surface area (Å²) in [4.78, 5) is 23.5. The summed E-state index contributed by atoms with van der Waals surface area (Å²) in [5.41, 5.74) is 1.21. The van der Waals surface area contributed by atoms with Gasteiger partial charge in [0.15, 0.2) is 0 Å². The number of hydrogen-bond acceptors (Lipinski definition) is 6. The standard InChI is InChI=1S/C24H30FN5O3/c1-14(2)20(21-15(3)18-11-16(25)5-6-19(18)33-21)29-23(31)28-17-12-26-22(27-13-17)30-9-7-24(4,32)8-10-30/h5-6,11-14,20,32H,7-10H2,1-4H3,(H2,28,29,31)/t20-/m1/s1. The van der Waals surface area contributed by atoms with E-state index in [1.807, 2.05) is 32.6 Å². The van der Waals surface area contributed by atoms with Crippen LogP contribution in [0.2, 0.25) is 0 Å². The molecule has 1 aliphatic rings. The van der Waals surface area contributed by atoms with E-state index in [-0.39, 0.29) is 11.7 Å². The highest BCUT2D eigenvalue weighted by Gasteiger charge is 2.29. The molecule has 4 rings (SSSR count). The van der Waals surface area contributed by atoms with Crippen LogP contribution in [0.3, 0.4) is 0 Å². The SMILES string of the molecule is Cc1c([C@H](NC(=O)Nc2cnc(N3CCC(C)(O)CC3)nc2)C(C)C)oc2ccc(F)cc12. The van der Waals surface area contributed by atoms with Gasteiger partial charge in [-0.05, 0) is 50.8 Å². The first-order valence-electron chi connectivity index (χ1n) is 11.2. The smallest absolute Gasteiger partial charge is 0.319 e. The number of fused-ring (bicyclic) bond motifs is 1. The van der Waals surface area contributed by atoms with Gasteiger partial charge in [0.1, 0.15) is 17.2 Å². The Kier molecular flexibility index (Phi) is 6.25. The van der Waals surface area contributed by atoms with Crippen LogP contribution in [0.25, 0.3) is 11.0 Å². The number of aryl methyl sites for hydroxylation is 1. The molecule has 3 aromatic rings. The lowest BCUT2D eigenvalue weighted by atomic mass is 9.94. The number of halogens is 1.